The Morgan fingerprint density at radius 1 is 0.490 bits per heavy atom. The van der Waals surface area contributed by atoms with Crippen molar-refractivity contribution in [3.05, 3.63) is 58.7 Å². The van der Waals surface area contributed by atoms with E-state index in [1.807, 2.05) is 55.4 Å². The van der Waals surface area contributed by atoms with Crippen molar-refractivity contribution in [1.82, 2.24) is 0 Å². The summed E-state index contributed by atoms with van der Waals surface area (Å²) in [5.74, 6) is -3.05. The number of carbonyl (C=O) groups is 4. The van der Waals surface area contributed by atoms with Crippen molar-refractivity contribution in [1.29, 1.82) is 0 Å². The fraction of sp³-hybridized carbons (Fsp3) is 0.500. The molecule has 268 valence electrons. The molecule has 0 N–H and O–H groups in total. The van der Waals surface area contributed by atoms with E-state index in [1.54, 1.807) is 0 Å². The molecule has 0 fully saturated rings. The average molecular weight is 755 g/mol. The van der Waals surface area contributed by atoms with Gasteiger partial charge in [-0.3, -0.25) is 0 Å². The molecule has 2 aromatic rings. The molecule has 0 atom stereocenters. The number of benzene rings is 2. The van der Waals surface area contributed by atoms with Crippen molar-refractivity contribution in [3.63, 3.8) is 0 Å². The number of ether oxygens (including phenoxy) is 4. The number of carbonyl (C=O) groups excluding carboxylic acids is 4. The molecule has 0 aliphatic carbocycles. The van der Waals surface area contributed by atoms with Crippen LogP contribution in [0.25, 0.3) is 0 Å². The van der Waals surface area contributed by atoms with Gasteiger partial charge in [-0.15, -0.1) is 0 Å². The molecule has 0 saturated carbocycles. The van der Waals surface area contributed by atoms with Crippen molar-refractivity contribution >= 4 is 81.9 Å². The first-order valence-corrected chi connectivity index (χ1v) is 17.7. The molecule has 0 spiro atoms. The summed E-state index contributed by atoms with van der Waals surface area (Å²) in [6.07, 6.45) is 0. The zero-order chi connectivity index (χ0) is 37.0. The smallest absolute Gasteiger partial charge is 0.744 e. The summed E-state index contributed by atoms with van der Waals surface area (Å²) in [6.45, 7) is 15.1. The van der Waals surface area contributed by atoms with Crippen LogP contribution in [0.3, 0.4) is 0 Å². The molecule has 0 saturated heterocycles. The van der Waals surface area contributed by atoms with Gasteiger partial charge in [0.1, 0.15) is 20.2 Å². The SMILES string of the molecule is CC(C)COC(=O)c1ccc(S(=O)(=O)[O-])cc1C(=O)OCC(C)C.CC(C)COC(=O)c1ccc(S(=O)(=O)[O-])cc1C(=O)OCC(C)C.[Ca+2]. The van der Waals surface area contributed by atoms with Gasteiger partial charge >= 0.3 is 61.6 Å². The van der Waals surface area contributed by atoms with Gasteiger partial charge in [0, 0.05) is 0 Å². The molecule has 0 unspecified atom stereocenters. The van der Waals surface area contributed by atoms with Gasteiger partial charge in [-0.25, -0.2) is 36.0 Å². The summed E-state index contributed by atoms with van der Waals surface area (Å²) in [6, 6.07) is 5.79. The predicted octanol–water partition coefficient (Wildman–Crippen LogP) is 4.05. The number of esters is 4. The van der Waals surface area contributed by atoms with Crippen LogP contribution < -0.4 is 0 Å². The maximum Gasteiger partial charge on any atom is 2.00 e. The van der Waals surface area contributed by atoms with Gasteiger partial charge in [0.2, 0.25) is 0 Å². The molecule has 2 rings (SSSR count). The Morgan fingerprint density at radius 3 is 0.918 bits per heavy atom. The Bertz CT molecular complexity index is 1540. The van der Waals surface area contributed by atoms with Crippen molar-refractivity contribution in [3.8, 4) is 0 Å². The minimum atomic E-state index is -4.77. The summed E-state index contributed by atoms with van der Waals surface area (Å²) >= 11 is 0. The monoisotopic (exact) mass is 754 g/mol. The quantitative estimate of drug-likeness (QED) is 0.115. The van der Waals surface area contributed by atoms with Crippen LogP contribution in [0.15, 0.2) is 46.2 Å². The second kappa shape index (κ2) is 20.9. The Morgan fingerprint density at radius 2 is 0.714 bits per heavy atom. The van der Waals surface area contributed by atoms with E-state index in [2.05, 4.69) is 0 Å². The number of rotatable bonds is 14. The fourth-order valence-corrected chi connectivity index (χ4v) is 4.33. The second-order valence-corrected chi connectivity index (χ2v) is 15.1. The van der Waals surface area contributed by atoms with Gasteiger partial charge in [0.05, 0.1) is 58.5 Å². The summed E-state index contributed by atoms with van der Waals surface area (Å²) in [5, 5.41) is 0. The van der Waals surface area contributed by atoms with Gasteiger partial charge < -0.3 is 28.1 Å². The van der Waals surface area contributed by atoms with E-state index in [0.29, 0.717) is 0 Å². The molecule has 0 heterocycles. The van der Waals surface area contributed by atoms with E-state index in [1.165, 1.54) is 0 Å². The normalized spacial score (nSPS) is 11.4. The predicted molar refractivity (Wildman–Crippen MR) is 175 cm³/mol. The minimum Gasteiger partial charge on any atom is -0.744 e. The molecule has 2 aromatic carbocycles. The van der Waals surface area contributed by atoms with E-state index < -0.39 is 53.9 Å². The van der Waals surface area contributed by atoms with E-state index >= 15 is 0 Å². The minimum absolute atomic E-state index is 0. The molecule has 14 nitrogen and oxygen atoms in total. The second-order valence-electron chi connectivity index (χ2n) is 12.3. The number of hydrogen-bond acceptors (Lipinski definition) is 14. The number of hydrogen-bond donors (Lipinski definition) is 0. The van der Waals surface area contributed by atoms with Gasteiger partial charge in [0.15, 0.2) is 0 Å². The molecule has 17 heteroatoms. The molecule has 0 aromatic heterocycles. The third-order valence-corrected chi connectivity index (χ3v) is 7.29. The fourth-order valence-electron chi connectivity index (χ4n) is 3.33. The van der Waals surface area contributed by atoms with Gasteiger partial charge in [-0.1, -0.05) is 55.4 Å². The first-order chi connectivity index (χ1) is 22.0. The molecule has 0 bridgehead atoms. The molecule has 49 heavy (non-hydrogen) atoms. The first kappa shape index (κ1) is 46.4. The van der Waals surface area contributed by atoms with Crippen LogP contribution >= 0.6 is 0 Å². The zero-order valence-corrected chi connectivity index (χ0v) is 32.7. The van der Waals surface area contributed by atoms with Gasteiger partial charge in [0.25, 0.3) is 0 Å². The van der Waals surface area contributed by atoms with Crippen LogP contribution in [0.1, 0.15) is 96.8 Å². The van der Waals surface area contributed by atoms with Crippen LogP contribution in [-0.2, 0) is 39.2 Å². The zero-order valence-electron chi connectivity index (χ0n) is 28.8. The van der Waals surface area contributed by atoms with Crippen molar-refractivity contribution in [2.75, 3.05) is 26.4 Å². The summed E-state index contributed by atoms with van der Waals surface area (Å²) in [5.41, 5.74) is -0.892. The Labute approximate surface area is 317 Å². The van der Waals surface area contributed by atoms with Crippen LogP contribution in [0.4, 0.5) is 0 Å². The van der Waals surface area contributed by atoms with E-state index in [4.69, 9.17) is 18.9 Å². The van der Waals surface area contributed by atoms with Gasteiger partial charge in [-0.2, -0.15) is 0 Å². The Kier molecular flexibility index (Phi) is 19.8. The third kappa shape index (κ3) is 16.8. The molecule has 0 amide bonds. The Balaban J connectivity index is 0.000000922. The third-order valence-electron chi connectivity index (χ3n) is 5.63. The first-order valence-electron chi connectivity index (χ1n) is 14.9. The topological polar surface area (TPSA) is 220 Å². The maximum atomic E-state index is 12.2. The maximum absolute atomic E-state index is 12.2. The van der Waals surface area contributed by atoms with Crippen LogP contribution in [0.2, 0.25) is 0 Å². The summed E-state index contributed by atoms with van der Waals surface area (Å²) < 4.78 is 87.1. The molecular formula is C32H42CaO14S2. The standard InChI is InChI=1S/2C16H22O7S.Ca/c2*1-10(2)8-22-15(17)13-6-5-12(24(19,20)21)7-14(13)16(18)23-9-11(3)4;/h2*5-7,10-11H,8-9H2,1-4H3,(H,19,20,21);/q;;+2/p-2. The molecule has 0 aliphatic rings. The van der Waals surface area contributed by atoms with Crippen molar-refractivity contribution in [2.45, 2.75) is 65.2 Å². The Hall–Kier alpha value is -2.60. The summed E-state index contributed by atoms with van der Waals surface area (Å²) in [7, 11) is -9.54. The van der Waals surface area contributed by atoms with Crippen molar-refractivity contribution < 1.29 is 64.1 Å². The molecule has 0 radical (unpaired) electrons. The van der Waals surface area contributed by atoms with Gasteiger partial charge in [-0.05, 0) is 60.1 Å². The largest absolute Gasteiger partial charge is 2.00 e. The summed E-state index contributed by atoms with van der Waals surface area (Å²) in [4.78, 5) is 47.3. The van der Waals surface area contributed by atoms with Crippen LogP contribution in [-0.4, -0.2) is 114 Å². The average Bonchev–Trinajstić information content (AvgIpc) is 2.98. The molecular weight excluding hydrogens is 713 g/mol. The van der Waals surface area contributed by atoms with E-state index in [0.717, 1.165) is 36.4 Å². The van der Waals surface area contributed by atoms with Crippen LogP contribution in [0, 0.1) is 23.7 Å². The van der Waals surface area contributed by atoms with E-state index in [-0.39, 0.29) is 110 Å². The van der Waals surface area contributed by atoms with Crippen molar-refractivity contribution in [2.24, 2.45) is 23.7 Å². The molecule has 0 aliphatic heterocycles. The van der Waals surface area contributed by atoms with Crippen LogP contribution in [0.5, 0.6) is 0 Å². The van der Waals surface area contributed by atoms with E-state index in [9.17, 15) is 45.1 Å².